The van der Waals surface area contributed by atoms with E-state index in [1.54, 1.807) is 23.9 Å². The van der Waals surface area contributed by atoms with Crippen molar-refractivity contribution >= 4 is 37.0 Å². The van der Waals surface area contributed by atoms with Gasteiger partial charge in [-0.05, 0) is 40.5 Å². The van der Waals surface area contributed by atoms with E-state index in [1.807, 2.05) is 6.92 Å². The van der Waals surface area contributed by atoms with Gasteiger partial charge in [0.15, 0.2) is 5.65 Å². The molecule has 2 heterocycles. The largest absolute Gasteiger partial charge is 0.464 e. The van der Waals surface area contributed by atoms with E-state index in [9.17, 15) is 8.42 Å². The lowest BCUT2D eigenvalue weighted by Gasteiger charge is -2.14. The van der Waals surface area contributed by atoms with Crippen LogP contribution in [0.3, 0.4) is 0 Å². The molecule has 2 aromatic heterocycles. The van der Waals surface area contributed by atoms with Crippen LogP contribution in [-0.2, 0) is 17.1 Å². The maximum atomic E-state index is 11.4. The van der Waals surface area contributed by atoms with Crippen LogP contribution < -0.4 is 15.6 Å². The Labute approximate surface area is 158 Å². The van der Waals surface area contributed by atoms with Gasteiger partial charge in [-0.15, -0.1) is 0 Å². The highest BCUT2D eigenvalue weighted by molar-refractivity contribution is 9.10. The first-order chi connectivity index (χ1) is 12.2. The first-order valence-corrected chi connectivity index (χ1v) is 9.97. The molecule has 0 spiro atoms. The Morgan fingerprint density at radius 3 is 2.50 bits per heavy atom. The fourth-order valence-corrected chi connectivity index (χ4v) is 3.68. The molecule has 0 fully saturated rings. The molecule has 0 aliphatic rings. The van der Waals surface area contributed by atoms with Crippen molar-refractivity contribution in [2.45, 2.75) is 17.9 Å². The Balaban J connectivity index is 2.14. The molecular formula is C15H17BrN6O3S. The van der Waals surface area contributed by atoms with Crippen LogP contribution in [0.5, 0.6) is 6.01 Å². The zero-order valence-corrected chi connectivity index (χ0v) is 16.5. The predicted octanol–water partition coefficient (Wildman–Crippen LogP) is 1.22. The van der Waals surface area contributed by atoms with E-state index >= 15 is 0 Å². The first-order valence-electron chi connectivity index (χ1n) is 7.63. The molecule has 0 aliphatic heterocycles. The van der Waals surface area contributed by atoms with Gasteiger partial charge in [0, 0.05) is 7.05 Å². The number of halogens is 1. The minimum absolute atomic E-state index is 0.0128. The minimum atomic E-state index is -3.77. The number of hydrogen-bond donors (Lipinski definition) is 2. The van der Waals surface area contributed by atoms with Gasteiger partial charge in [0.2, 0.25) is 10.0 Å². The monoisotopic (exact) mass is 440 g/mol. The standard InChI is InChI=1S/C15H17BrN6O3S/c1-3-25-15-19-12(10-13(16)21-22(2)14(10)20-15)11(17)8-4-6-9(7-5-8)26(18,23)24/h4-7,11H,3,17H2,1-2H3,(H2,18,23,24). The molecule has 26 heavy (non-hydrogen) atoms. The molecule has 1 aromatic carbocycles. The molecule has 4 N–H and O–H groups in total. The minimum Gasteiger partial charge on any atom is -0.464 e. The van der Waals surface area contributed by atoms with Crippen LogP contribution in [0, 0.1) is 0 Å². The van der Waals surface area contributed by atoms with E-state index in [2.05, 4.69) is 31.0 Å². The summed E-state index contributed by atoms with van der Waals surface area (Å²) in [5.74, 6) is 0. The fraction of sp³-hybridized carbons (Fsp3) is 0.267. The summed E-state index contributed by atoms with van der Waals surface area (Å²) in [7, 11) is -2.01. The number of aromatic nitrogens is 4. The number of sulfonamides is 1. The fourth-order valence-electron chi connectivity index (χ4n) is 2.55. The molecule has 0 bridgehead atoms. The molecule has 9 nitrogen and oxygen atoms in total. The summed E-state index contributed by atoms with van der Waals surface area (Å²) in [6, 6.07) is 5.57. The summed E-state index contributed by atoms with van der Waals surface area (Å²) >= 11 is 3.41. The maximum absolute atomic E-state index is 11.4. The van der Waals surface area contributed by atoms with Gasteiger partial charge in [-0.3, -0.25) is 0 Å². The number of hydrogen-bond acceptors (Lipinski definition) is 7. The van der Waals surface area contributed by atoms with Crippen molar-refractivity contribution in [3.05, 3.63) is 40.1 Å². The average molecular weight is 441 g/mol. The lowest BCUT2D eigenvalue weighted by Crippen LogP contribution is -2.16. The van der Waals surface area contributed by atoms with E-state index in [4.69, 9.17) is 15.6 Å². The Hall–Kier alpha value is -2.08. The van der Waals surface area contributed by atoms with Crippen LogP contribution in [-0.4, -0.2) is 34.8 Å². The van der Waals surface area contributed by atoms with Gasteiger partial charge < -0.3 is 10.5 Å². The van der Waals surface area contributed by atoms with E-state index < -0.39 is 16.1 Å². The van der Waals surface area contributed by atoms with Crippen LogP contribution in [0.1, 0.15) is 24.2 Å². The molecule has 1 unspecified atom stereocenters. The molecule has 3 rings (SSSR count). The van der Waals surface area contributed by atoms with Crippen molar-refractivity contribution in [3.8, 4) is 6.01 Å². The predicted molar refractivity (Wildman–Crippen MR) is 99.0 cm³/mol. The normalized spacial score (nSPS) is 13.1. The number of rotatable bonds is 5. The number of ether oxygens (including phenoxy) is 1. The first kappa shape index (κ1) is 18.7. The average Bonchev–Trinajstić information content (AvgIpc) is 2.87. The van der Waals surface area contributed by atoms with E-state index in [0.29, 0.717) is 33.5 Å². The van der Waals surface area contributed by atoms with Crippen molar-refractivity contribution < 1.29 is 13.2 Å². The SMILES string of the molecule is CCOc1nc(C(N)c2ccc(S(N)(=O)=O)cc2)c2c(Br)nn(C)c2n1. The van der Waals surface area contributed by atoms with E-state index in [-0.39, 0.29) is 10.9 Å². The van der Waals surface area contributed by atoms with Crippen LogP contribution in [0.4, 0.5) is 0 Å². The van der Waals surface area contributed by atoms with Gasteiger partial charge in [0.1, 0.15) is 4.60 Å². The lowest BCUT2D eigenvalue weighted by atomic mass is 10.0. The van der Waals surface area contributed by atoms with Gasteiger partial charge in [-0.1, -0.05) is 12.1 Å². The molecule has 11 heteroatoms. The van der Waals surface area contributed by atoms with Gasteiger partial charge in [-0.25, -0.2) is 18.2 Å². The highest BCUT2D eigenvalue weighted by Crippen LogP contribution is 2.31. The van der Waals surface area contributed by atoms with Crippen molar-refractivity contribution in [3.63, 3.8) is 0 Å². The lowest BCUT2D eigenvalue weighted by molar-refractivity contribution is 0.312. The molecule has 3 aromatic rings. The number of nitrogens with zero attached hydrogens (tertiary/aromatic N) is 4. The van der Waals surface area contributed by atoms with Crippen molar-refractivity contribution in [1.82, 2.24) is 19.7 Å². The number of primary sulfonamides is 1. The van der Waals surface area contributed by atoms with Gasteiger partial charge in [0.25, 0.3) is 0 Å². The Morgan fingerprint density at radius 1 is 1.27 bits per heavy atom. The number of fused-ring (bicyclic) bond motifs is 1. The number of nitrogens with two attached hydrogens (primary N) is 2. The molecule has 138 valence electrons. The molecule has 1 atom stereocenters. The van der Waals surface area contributed by atoms with Crippen LogP contribution >= 0.6 is 15.9 Å². The van der Waals surface area contributed by atoms with Crippen molar-refractivity contribution in [2.24, 2.45) is 17.9 Å². The highest BCUT2D eigenvalue weighted by atomic mass is 79.9. The molecule has 0 saturated carbocycles. The number of aryl methyl sites for hydroxylation is 1. The second kappa shape index (κ2) is 6.91. The quantitative estimate of drug-likeness (QED) is 0.607. The molecule has 0 saturated heterocycles. The highest BCUT2D eigenvalue weighted by Gasteiger charge is 2.22. The Kier molecular flexibility index (Phi) is 4.97. The molecular weight excluding hydrogens is 424 g/mol. The van der Waals surface area contributed by atoms with Crippen LogP contribution in [0.2, 0.25) is 0 Å². The maximum Gasteiger partial charge on any atom is 0.318 e. The zero-order valence-electron chi connectivity index (χ0n) is 14.0. The van der Waals surface area contributed by atoms with E-state index in [0.717, 1.165) is 0 Å². The summed E-state index contributed by atoms with van der Waals surface area (Å²) in [5, 5.41) is 10.1. The number of benzene rings is 1. The van der Waals surface area contributed by atoms with Crippen molar-refractivity contribution in [1.29, 1.82) is 0 Å². The second-order valence-electron chi connectivity index (χ2n) is 5.53. The molecule has 0 radical (unpaired) electrons. The third kappa shape index (κ3) is 3.43. The summed E-state index contributed by atoms with van der Waals surface area (Å²) in [5.41, 5.74) is 8.15. The van der Waals surface area contributed by atoms with Crippen LogP contribution in [0.15, 0.2) is 33.8 Å². The third-order valence-corrected chi connectivity index (χ3v) is 5.27. The molecule has 0 aliphatic carbocycles. The smallest absolute Gasteiger partial charge is 0.318 e. The van der Waals surface area contributed by atoms with E-state index in [1.165, 1.54) is 12.1 Å². The summed E-state index contributed by atoms with van der Waals surface area (Å²) in [6.07, 6.45) is 0. The summed E-state index contributed by atoms with van der Waals surface area (Å²) in [6.45, 7) is 2.24. The van der Waals surface area contributed by atoms with Gasteiger partial charge in [0.05, 0.1) is 28.6 Å². The van der Waals surface area contributed by atoms with Gasteiger partial charge in [-0.2, -0.15) is 15.1 Å². The molecule has 0 amide bonds. The topological polar surface area (TPSA) is 139 Å². The third-order valence-electron chi connectivity index (χ3n) is 3.78. The Morgan fingerprint density at radius 2 is 1.92 bits per heavy atom. The zero-order chi connectivity index (χ0) is 19.1. The summed E-state index contributed by atoms with van der Waals surface area (Å²) in [4.78, 5) is 8.79. The van der Waals surface area contributed by atoms with Crippen molar-refractivity contribution in [2.75, 3.05) is 6.61 Å². The second-order valence-corrected chi connectivity index (χ2v) is 7.84. The summed E-state index contributed by atoms with van der Waals surface area (Å²) < 4.78 is 30.4. The van der Waals surface area contributed by atoms with Crippen LogP contribution in [0.25, 0.3) is 11.0 Å². The Bertz CT molecular complexity index is 1070. The van der Waals surface area contributed by atoms with Gasteiger partial charge >= 0.3 is 6.01 Å².